The van der Waals surface area contributed by atoms with E-state index in [0.717, 1.165) is 16.7 Å². The highest BCUT2D eigenvalue weighted by Gasteiger charge is 2.13. The molecule has 21 heavy (non-hydrogen) atoms. The minimum atomic E-state index is -0.156. The minimum Gasteiger partial charge on any atom is -0.493 e. The first kappa shape index (κ1) is 15.7. The molecule has 4 heteroatoms. The first-order valence-electron chi connectivity index (χ1n) is 6.77. The highest BCUT2D eigenvalue weighted by Crippen LogP contribution is 2.30. The molecule has 0 saturated carbocycles. The number of hydrogen-bond acceptors (Lipinski definition) is 3. The van der Waals surface area contributed by atoms with Gasteiger partial charge in [-0.25, -0.2) is 0 Å². The maximum atomic E-state index is 6.28. The molecule has 0 spiro atoms. The average molecular weight is 306 g/mol. The van der Waals surface area contributed by atoms with Gasteiger partial charge in [0.05, 0.1) is 14.2 Å². The van der Waals surface area contributed by atoms with E-state index >= 15 is 0 Å². The molecule has 0 saturated heterocycles. The summed E-state index contributed by atoms with van der Waals surface area (Å²) in [5.74, 6) is 1.42. The van der Waals surface area contributed by atoms with E-state index < -0.39 is 0 Å². The Bertz CT molecular complexity index is 628. The van der Waals surface area contributed by atoms with Gasteiger partial charge in [0.2, 0.25) is 0 Å². The lowest BCUT2D eigenvalue weighted by Gasteiger charge is -2.16. The van der Waals surface area contributed by atoms with Gasteiger partial charge in [-0.15, -0.1) is 0 Å². The Labute approximate surface area is 130 Å². The summed E-state index contributed by atoms with van der Waals surface area (Å²) < 4.78 is 10.5. The van der Waals surface area contributed by atoms with E-state index in [2.05, 4.69) is 0 Å². The maximum absolute atomic E-state index is 6.28. The maximum Gasteiger partial charge on any atom is 0.160 e. The van der Waals surface area contributed by atoms with E-state index in [0.29, 0.717) is 22.9 Å². The fourth-order valence-corrected chi connectivity index (χ4v) is 2.68. The van der Waals surface area contributed by atoms with Gasteiger partial charge in [-0.1, -0.05) is 29.8 Å². The quantitative estimate of drug-likeness (QED) is 0.911. The van der Waals surface area contributed by atoms with Gasteiger partial charge in [0.25, 0.3) is 0 Å². The summed E-state index contributed by atoms with van der Waals surface area (Å²) in [6.45, 7) is 2.01. The predicted octanol–water partition coefficient (Wildman–Crippen LogP) is 3.91. The van der Waals surface area contributed by atoms with Crippen molar-refractivity contribution in [2.24, 2.45) is 5.73 Å². The first-order chi connectivity index (χ1) is 10.0. The summed E-state index contributed by atoms with van der Waals surface area (Å²) in [7, 11) is 3.24. The molecule has 0 radical (unpaired) electrons. The van der Waals surface area contributed by atoms with E-state index in [1.54, 1.807) is 14.2 Å². The van der Waals surface area contributed by atoms with Crippen molar-refractivity contribution < 1.29 is 9.47 Å². The van der Waals surface area contributed by atoms with Crippen LogP contribution in [0, 0.1) is 6.92 Å². The zero-order valence-electron chi connectivity index (χ0n) is 12.5. The van der Waals surface area contributed by atoms with Gasteiger partial charge >= 0.3 is 0 Å². The van der Waals surface area contributed by atoms with Gasteiger partial charge in [0.1, 0.15) is 0 Å². The van der Waals surface area contributed by atoms with Crippen molar-refractivity contribution in [2.75, 3.05) is 14.2 Å². The molecule has 0 heterocycles. The smallest absolute Gasteiger partial charge is 0.160 e. The zero-order valence-corrected chi connectivity index (χ0v) is 13.3. The minimum absolute atomic E-state index is 0.156. The molecular formula is C17H20ClNO2. The van der Waals surface area contributed by atoms with E-state index in [-0.39, 0.29) is 6.04 Å². The largest absolute Gasteiger partial charge is 0.493 e. The molecule has 3 nitrogen and oxygen atoms in total. The van der Waals surface area contributed by atoms with Crippen LogP contribution in [0.25, 0.3) is 0 Å². The number of hydrogen-bond donors (Lipinski definition) is 1. The number of halogens is 1. The molecule has 0 amide bonds. The second-order valence-corrected chi connectivity index (χ2v) is 5.43. The van der Waals surface area contributed by atoms with Crippen molar-refractivity contribution in [1.82, 2.24) is 0 Å². The van der Waals surface area contributed by atoms with Gasteiger partial charge in [-0.3, -0.25) is 0 Å². The van der Waals surface area contributed by atoms with Crippen LogP contribution in [0.2, 0.25) is 5.02 Å². The first-order valence-corrected chi connectivity index (χ1v) is 7.15. The van der Waals surface area contributed by atoms with E-state index in [9.17, 15) is 0 Å². The summed E-state index contributed by atoms with van der Waals surface area (Å²) in [5, 5.41) is 0.711. The monoisotopic (exact) mass is 305 g/mol. The lowest BCUT2D eigenvalue weighted by atomic mass is 9.98. The SMILES string of the molecule is COc1ccc(CC(N)c2ccc(C)cc2Cl)cc1OC. The molecule has 0 aliphatic rings. The van der Waals surface area contributed by atoms with Gasteiger partial charge in [0, 0.05) is 11.1 Å². The molecule has 1 atom stereocenters. The Kier molecular flexibility index (Phi) is 5.10. The molecule has 0 bridgehead atoms. The number of rotatable bonds is 5. The van der Waals surface area contributed by atoms with Crippen LogP contribution in [-0.2, 0) is 6.42 Å². The van der Waals surface area contributed by atoms with Crippen molar-refractivity contribution in [1.29, 1.82) is 0 Å². The Morgan fingerprint density at radius 1 is 1.05 bits per heavy atom. The number of methoxy groups -OCH3 is 2. The van der Waals surface area contributed by atoms with Crippen LogP contribution in [0.1, 0.15) is 22.7 Å². The summed E-state index contributed by atoms with van der Waals surface area (Å²) in [4.78, 5) is 0. The number of ether oxygens (including phenoxy) is 2. The van der Waals surface area contributed by atoms with Crippen molar-refractivity contribution in [3.63, 3.8) is 0 Å². The summed E-state index contributed by atoms with van der Waals surface area (Å²) in [5.41, 5.74) is 9.45. The molecule has 0 aliphatic carbocycles. The van der Waals surface area contributed by atoms with Crippen molar-refractivity contribution in [3.05, 3.63) is 58.1 Å². The second kappa shape index (κ2) is 6.83. The third-order valence-electron chi connectivity index (χ3n) is 3.46. The topological polar surface area (TPSA) is 44.5 Å². The lowest BCUT2D eigenvalue weighted by Crippen LogP contribution is -2.14. The van der Waals surface area contributed by atoms with Crippen molar-refractivity contribution >= 4 is 11.6 Å². The van der Waals surface area contributed by atoms with Gasteiger partial charge < -0.3 is 15.2 Å². The molecule has 2 aromatic carbocycles. The van der Waals surface area contributed by atoms with Crippen molar-refractivity contribution in [2.45, 2.75) is 19.4 Å². The van der Waals surface area contributed by atoms with Crippen molar-refractivity contribution in [3.8, 4) is 11.5 Å². The van der Waals surface area contributed by atoms with E-state index in [4.69, 9.17) is 26.8 Å². The van der Waals surface area contributed by atoms with Gasteiger partial charge in [-0.05, 0) is 48.2 Å². The van der Waals surface area contributed by atoms with Crippen LogP contribution >= 0.6 is 11.6 Å². The third kappa shape index (κ3) is 3.69. The van der Waals surface area contributed by atoms with Crippen LogP contribution in [0.3, 0.4) is 0 Å². The fraction of sp³-hybridized carbons (Fsp3) is 0.294. The Hall–Kier alpha value is -1.71. The summed E-state index contributed by atoms with van der Waals surface area (Å²) in [6.07, 6.45) is 0.684. The third-order valence-corrected chi connectivity index (χ3v) is 3.79. The molecular weight excluding hydrogens is 286 g/mol. The Balaban J connectivity index is 2.21. The summed E-state index contributed by atoms with van der Waals surface area (Å²) >= 11 is 6.27. The molecule has 0 aliphatic heterocycles. The Morgan fingerprint density at radius 3 is 2.38 bits per heavy atom. The summed E-state index contributed by atoms with van der Waals surface area (Å²) in [6, 6.07) is 11.6. The molecule has 0 aromatic heterocycles. The van der Waals surface area contributed by atoms with Crippen LogP contribution in [0.4, 0.5) is 0 Å². The van der Waals surface area contributed by atoms with E-state index in [1.807, 2.05) is 43.3 Å². The number of nitrogens with two attached hydrogens (primary N) is 1. The van der Waals surface area contributed by atoms with Crippen LogP contribution in [0.5, 0.6) is 11.5 Å². The molecule has 112 valence electrons. The lowest BCUT2D eigenvalue weighted by molar-refractivity contribution is 0.354. The Morgan fingerprint density at radius 2 is 1.76 bits per heavy atom. The van der Waals surface area contributed by atoms with E-state index in [1.165, 1.54) is 0 Å². The highest BCUT2D eigenvalue weighted by atomic mass is 35.5. The molecule has 0 fully saturated rings. The average Bonchev–Trinajstić information content (AvgIpc) is 2.46. The second-order valence-electron chi connectivity index (χ2n) is 5.02. The molecule has 2 aromatic rings. The predicted molar refractivity (Wildman–Crippen MR) is 86.4 cm³/mol. The van der Waals surface area contributed by atoms with Gasteiger partial charge in [-0.2, -0.15) is 0 Å². The number of benzene rings is 2. The number of aryl methyl sites for hydroxylation is 1. The van der Waals surface area contributed by atoms with Crippen LogP contribution in [-0.4, -0.2) is 14.2 Å². The highest BCUT2D eigenvalue weighted by molar-refractivity contribution is 6.31. The standard InChI is InChI=1S/C17H20ClNO2/c1-11-4-6-13(14(18)8-11)15(19)9-12-5-7-16(20-2)17(10-12)21-3/h4-8,10,15H,9,19H2,1-3H3. The molecule has 2 N–H and O–H groups in total. The molecule has 1 unspecified atom stereocenters. The fourth-order valence-electron chi connectivity index (χ4n) is 2.30. The van der Waals surface area contributed by atoms with Crippen LogP contribution < -0.4 is 15.2 Å². The zero-order chi connectivity index (χ0) is 15.4. The molecule has 2 rings (SSSR count). The van der Waals surface area contributed by atoms with Gasteiger partial charge in [0.15, 0.2) is 11.5 Å². The normalized spacial score (nSPS) is 12.0. The van der Waals surface area contributed by atoms with Crippen LogP contribution in [0.15, 0.2) is 36.4 Å².